The minimum Gasteiger partial charge on any atom is -0.343 e. The molecule has 2 atom stereocenters. The topological polar surface area (TPSA) is 9.23 Å². The fourth-order valence-electron chi connectivity index (χ4n) is 0.620. The molecule has 0 aromatic rings. The van der Waals surface area contributed by atoms with Crippen molar-refractivity contribution in [3.63, 3.8) is 0 Å². The molecule has 0 aliphatic carbocycles. The first kappa shape index (κ1) is 16.6. The van der Waals surface area contributed by atoms with E-state index in [1.807, 2.05) is 0 Å². The van der Waals surface area contributed by atoms with Crippen LogP contribution in [0.3, 0.4) is 0 Å². The molecule has 2 unspecified atom stereocenters. The van der Waals surface area contributed by atoms with Crippen molar-refractivity contribution in [2.24, 2.45) is 0 Å². The van der Waals surface area contributed by atoms with Crippen molar-refractivity contribution in [1.82, 2.24) is 0 Å². The Labute approximate surface area is 116 Å². The third kappa shape index (κ3) is 11.8. The fourth-order valence-corrected chi connectivity index (χ4v) is 2.22. The van der Waals surface area contributed by atoms with Crippen LogP contribution in [0.4, 0.5) is 8.78 Å². The molecule has 0 heterocycles. The third-order valence-electron chi connectivity index (χ3n) is 1.08. The maximum absolute atomic E-state index is 12.6. The second-order valence-electron chi connectivity index (χ2n) is 2.59. The van der Waals surface area contributed by atoms with Gasteiger partial charge in [-0.2, -0.15) is 0 Å². The second kappa shape index (κ2) is 6.48. The van der Waals surface area contributed by atoms with E-state index < -0.39 is 33.1 Å². The zero-order valence-electron chi connectivity index (χ0n) is 7.00. The molecule has 1 nitrogen and oxygen atoms in total. The van der Waals surface area contributed by atoms with Crippen molar-refractivity contribution in [2.45, 2.75) is 33.1 Å². The predicted molar refractivity (Wildman–Crippen MR) is 60.7 cm³/mol. The summed E-state index contributed by atoms with van der Waals surface area (Å²) in [4.78, 5) is 0. The van der Waals surface area contributed by atoms with Crippen LogP contribution in [0.1, 0.15) is 12.8 Å². The molecule has 9 heteroatoms. The molecular formula is C6H6Cl6F2O. The van der Waals surface area contributed by atoms with Gasteiger partial charge in [0.2, 0.25) is 0 Å². The van der Waals surface area contributed by atoms with Crippen LogP contribution in [0.25, 0.3) is 0 Å². The van der Waals surface area contributed by atoms with Crippen molar-refractivity contribution in [3.05, 3.63) is 0 Å². The molecule has 0 bridgehead atoms. The number of alkyl halides is 8. The van der Waals surface area contributed by atoms with Crippen molar-refractivity contribution in [3.8, 4) is 0 Å². The van der Waals surface area contributed by atoms with Gasteiger partial charge in [0.15, 0.2) is 0 Å². The van der Waals surface area contributed by atoms with Gasteiger partial charge < -0.3 is 4.74 Å². The number of halogens is 8. The zero-order chi connectivity index (χ0) is 12.3. The molecule has 92 valence electrons. The highest BCUT2D eigenvalue weighted by Crippen LogP contribution is 2.34. The van der Waals surface area contributed by atoms with Crippen molar-refractivity contribution in [1.29, 1.82) is 0 Å². The largest absolute Gasteiger partial charge is 0.343 e. The van der Waals surface area contributed by atoms with Crippen LogP contribution >= 0.6 is 69.6 Å². The Morgan fingerprint density at radius 1 is 0.867 bits per heavy atom. The number of ether oxygens (including phenoxy) is 1. The second-order valence-corrected chi connectivity index (χ2v) is 6.35. The third-order valence-corrected chi connectivity index (χ3v) is 2.21. The average Bonchev–Trinajstić information content (AvgIpc) is 1.73. The molecule has 0 N–H and O–H groups in total. The van der Waals surface area contributed by atoms with E-state index in [1.54, 1.807) is 0 Å². The van der Waals surface area contributed by atoms with Gasteiger partial charge in [-0.05, 0) is 0 Å². The molecule has 0 fully saturated rings. The van der Waals surface area contributed by atoms with Gasteiger partial charge in [-0.1, -0.05) is 69.6 Å². The lowest BCUT2D eigenvalue weighted by Gasteiger charge is -2.20. The summed E-state index contributed by atoms with van der Waals surface area (Å²) < 4.78 is 24.9. The number of hydrogen-bond acceptors (Lipinski definition) is 1. The zero-order valence-corrected chi connectivity index (χ0v) is 11.5. The monoisotopic (exact) mass is 342 g/mol. The van der Waals surface area contributed by atoms with Crippen molar-refractivity contribution < 1.29 is 13.5 Å². The normalized spacial score (nSPS) is 17.6. The summed E-state index contributed by atoms with van der Waals surface area (Å²) in [5.41, 5.74) is -2.44. The molecule has 0 aromatic carbocycles. The van der Waals surface area contributed by atoms with Crippen molar-refractivity contribution in [2.75, 3.05) is 0 Å². The highest BCUT2D eigenvalue weighted by molar-refractivity contribution is 6.47. The Balaban J connectivity index is 3.92. The molecule has 0 rings (SSSR count). The molecule has 0 radical (unpaired) electrons. The van der Waals surface area contributed by atoms with Crippen LogP contribution < -0.4 is 0 Å². The summed E-state index contributed by atoms with van der Waals surface area (Å²) in [7, 11) is 0. The minimum atomic E-state index is -2.54. The van der Waals surface area contributed by atoms with Crippen LogP contribution in [-0.4, -0.2) is 20.3 Å². The van der Waals surface area contributed by atoms with E-state index in [1.165, 1.54) is 0 Å². The van der Waals surface area contributed by atoms with Crippen molar-refractivity contribution >= 4 is 69.6 Å². The lowest BCUT2D eigenvalue weighted by molar-refractivity contribution is 0.0511. The average molecular weight is 345 g/mol. The van der Waals surface area contributed by atoms with E-state index >= 15 is 0 Å². The maximum Gasteiger partial charge on any atom is 0.260 e. The molecule has 0 aliphatic heterocycles. The van der Waals surface area contributed by atoms with Gasteiger partial charge in [-0.15, -0.1) is 0 Å². The minimum absolute atomic E-state index is 0.537. The predicted octanol–water partition coefficient (Wildman–Crippen LogP) is 5.11. The van der Waals surface area contributed by atoms with E-state index in [-0.39, 0.29) is 0 Å². The Morgan fingerprint density at radius 2 is 1.13 bits per heavy atom. The Kier molecular flexibility index (Phi) is 7.16. The first-order valence-corrected chi connectivity index (χ1v) is 5.95. The van der Waals surface area contributed by atoms with E-state index in [0.29, 0.717) is 0 Å². The molecule has 0 spiro atoms. The van der Waals surface area contributed by atoms with Gasteiger partial charge >= 0.3 is 0 Å². The van der Waals surface area contributed by atoms with Gasteiger partial charge in [0.05, 0.1) is 12.8 Å². The highest BCUT2D eigenvalue weighted by atomic mass is 35.5. The molecule has 0 amide bonds. The lowest BCUT2D eigenvalue weighted by Crippen LogP contribution is -2.23. The first-order valence-electron chi connectivity index (χ1n) is 3.57. The molecular weight excluding hydrogens is 339 g/mol. The Hall–Kier alpha value is 1.56. The lowest BCUT2D eigenvalue weighted by atomic mass is 10.4. The first-order chi connectivity index (χ1) is 6.49. The van der Waals surface area contributed by atoms with Crippen LogP contribution in [-0.2, 0) is 4.74 Å². The Morgan fingerprint density at radius 3 is 1.33 bits per heavy atom. The summed E-state index contributed by atoms with van der Waals surface area (Å²) in [6.45, 7) is 0. The van der Waals surface area contributed by atoms with Gasteiger partial charge in [0.1, 0.15) is 11.1 Å². The summed E-state index contributed by atoms with van der Waals surface area (Å²) in [6, 6.07) is 0. The smallest absolute Gasteiger partial charge is 0.260 e. The van der Waals surface area contributed by atoms with Gasteiger partial charge in [0, 0.05) is 0 Å². The fraction of sp³-hybridized carbons (Fsp3) is 1.00. The van der Waals surface area contributed by atoms with E-state index in [4.69, 9.17) is 74.3 Å². The maximum atomic E-state index is 12.6. The van der Waals surface area contributed by atoms with Crippen LogP contribution in [0.2, 0.25) is 0 Å². The number of hydrogen-bond donors (Lipinski definition) is 0. The summed E-state index contributed by atoms with van der Waals surface area (Å²) in [6.07, 6.45) is -1.07. The standard InChI is InChI=1S/C6H6Cl6F2O/c7-3(1-5(9,10)13)15-4(8)2-6(11,12)14/h3-4H,1-2H2. The van der Waals surface area contributed by atoms with E-state index in [0.717, 1.165) is 0 Å². The summed E-state index contributed by atoms with van der Waals surface area (Å²) >= 11 is 31.0. The summed E-state index contributed by atoms with van der Waals surface area (Å²) in [5, 5.41) is 0. The van der Waals surface area contributed by atoms with Gasteiger partial charge in [-0.25, -0.2) is 8.78 Å². The van der Waals surface area contributed by atoms with Crippen LogP contribution in [0.15, 0.2) is 0 Å². The molecule has 15 heavy (non-hydrogen) atoms. The van der Waals surface area contributed by atoms with E-state index in [9.17, 15) is 8.78 Å². The van der Waals surface area contributed by atoms with Gasteiger partial charge in [-0.3, -0.25) is 0 Å². The molecule has 0 aliphatic rings. The number of rotatable bonds is 6. The molecule has 0 aromatic heterocycles. The SMILES string of the molecule is FC(Cl)(Cl)CC(Cl)OC(Cl)CC(F)(Cl)Cl. The van der Waals surface area contributed by atoms with Crippen LogP contribution in [0, 0.1) is 0 Å². The Bertz CT molecular complexity index is 171. The summed E-state index contributed by atoms with van der Waals surface area (Å²) in [5.74, 6) is 0. The molecule has 0 saturated heterocycles. The molecule has 0 saturated carbocycles. The van der Waals surface area contributed by atoms with E-state index in [2.05, 4.69) is 0 Å². The highest BCUT2D eigenvalue weighted by Gasteiger charge is 2.31. The van der Waals surface area contributed by atoms with Gasteiger partial charge in [0.25, 0.3) is 9.17 Å². The quantitative estimate of drug-likeness (QED) is 0.608. The van der Waals surface area contributed by atoms with Crippen LogP contribution in [0.5, 0.6) is 0 Å².